The Morgan fingerprint density at radius 1 is 0.647 bits per heavy atom. The van der Waals surface area contributed by atoms with Gasteiger partial charge in [0.05, 0.1) is 0 Å². The van der Waals surface area contributed by atoms with E-state index in [1.54, 1.807) is 0 Å². The van der Waals surface area contributed by atoms with Crippen molar-refractivity contribution in [2.24, 2.45) is 0 Å². The molecule has 0 aromatic carbocycles. The van der Waals surface area contributed by atoms with Crippen LogP contribution in [-0.2, 0) is 62.8 Å². The Hall–Kier alpha value is 0.687. The van der Waals surface area contributed by atoms with Crippen LogP contribution in [0, 0.1) is 0 Å². The minimum atomic E-state index is -6.85. The summed E-state index contributed by atoms with van der Waals surface area (Å²) in [5, 5.41) is 0. The summed E-state index contributed by atoms with van der Waals surface area (Å²) in [5.74, 6) is 0. The monoisotopic (exact) mass is 410 g/mol. The topological polar surface area (TPSA) is 77.5 Å². The van der Waals surface area contributed by atoms with E-state index in [9.17, 15) is 43.2 Å². The zero-order valence-corrected chi connectivity index (χ0v) is 15.1. The molecule has 0 aliphatic heterocycles. The summed E-state index contributed by atoms with van der Waals surface area (Å²) in [6, 6.07) is 0. The molecule has 15 heteroatoms. The van der Waals surface area contributed by atoms with Gasteiger partial charge in [0.1, 0.15) is 0 Å². The second kappa shape index (κ2) is 6.22. The second-order valence-electron chi connectivity index (χ2n) is 1.87. The van der Waals surface area contributed by atoms with Gasteiger partial charge in [0.25, 0.3) is 0 Å². The van der Waals surface area contributed by atoms with Crippen LogP contribution in [0.15, 0.2) is 0 Å². The van der Waals surface area contributed by atoms with Crippen molar-refractivity contribution in [3.8, 4) is 0 Å². The molecule has 0 spiro atoms. The van der Waals surface area contributed by atoms with E-state index < -0.39 is 31.3 Å². The van der Waals surface area contributed by atoms with Crippen LogP contribution in [0.5, 0.6) is 0 Å². The fourth-order valence-corrected chi connectivity index (χ4v) is 1.76. The van der Waals surface area contributed by atoms with Crippen LogP contribution in [0.25, 0.3) is 0 Å². The average molecular weight is 413 g/mol. The summed E-state index contributed by atoms with van der Waals surface area (Å²) in [6.45, 7) is 0. The van der Waals surface area contributed by atoms with Gasteiger partial charge in [-0.1, -0.05) is 0 Å². The molecule has 0 bridgehead atoms. The molecule has 0 aromatic heterocycles. The predicted molar refractivity (Wildman–Crippen MR) is 31.0 cm³/mol. The van der Waals surface area contributed by atoms with E-state index >= 15 is 0 Å². The fourth-order valence-electron chi connectivity index (χ4n) is 0.195. The summed E-state index contributed by atoms with van der Waals surface area (Å²) < 4.78 is 110. The zero-order valence-electron chi connectivity index (χ0n) is 7.54. The predicted octanol–water partition coefficient (Wildman–Crippen LogP) is 0.697. The number of alkyl halides is 6. The molecule has 0 radical (unpaired) electrons. The minimum absolute atomic E-state index is 0. The Bertz CT molecular complexity index is 390. The summed E-state index contributed by atoms with van der Waals surface area (Å²) in [5.41, 5.74) is -12.5. The van der Waals surface area contributed by atoms with E-state index in [-0.39, 0.29) is 39.0 Å². The van der Waals surface area contributed by atoms with Crippen molar-refractivity contribution in [2.45, 2.75) is 11.0 Å². The first kappa shape index (κ1) is 22.8. The molecule has 0 heterocycles. The van der Waals surface area contributed by atoms with Crippen molar-refractivity contribution in [3.05, 3.63) is 0 Å². The van der Waals surface area contributed by atoms with Gasteiger partial charge in [-0.2, -0.15) is 43.2 Å². The smallest absolute Gasteiger partial charge is 0.188 e. The van der Waals surface area contributed by atoms with Crippen LogP contribution in [-0.4, -0.2) is 27.9 Å². The summed E-state index contributed by atoms with van der Waals surface area (Å²) >= 11 is 0. The Labute approximate surface area is 117 Å². The molecule has 0 N–H and O–H groups in total. The van der Waals surface area contributed by atoms with Crippen LogP contribution < -0.4 is 0 Å². The normalized spacial score (nSPS) is 13.5. The van der Waals surface area contributed by atoms with Crippen molar-refractivity contribution in [1.29, 1.82) is 0 Å². The molecule has 0 saturated carbocycles. The third kappa shape index (κ3) is 5.91. The standard InChI is InChI=1S/C2F6O5S2.2Zn/c3-1(4,5)14(9,10)13-15(11,12)2(6,7)8;;. The maximum atomic E-state index is 11.4. The first-order chi connectivity index (χ1) is 6.21. The number of rotatable bonds is 2. The SMILES string of the molecule is O=S(=O)(OS(=O)(=O)C(F)(F)F)C(F)(F)F.[Zn].[Zn]. The van der Waals surface area contributed by atoms with Crippen LogP contribution in [0.3, 0.4) is 0 Å². The molecule has 0 amide bonds. The molecule has 0 saturated heterocycles. The molecule has 17 heavy (non-hydrogen) atoms. The number of hydrogen-bond donors (Lipinski definition) is 0. The van der Waals surface area contributed by atoms with Crippen molar-refractivity contribution in [3.63, 3.8) is 0 Å². The van der Waals surface area contributed by atoms with Crippen LogP contribution in [0.1, 0.15) is 0 Å². The van der Waals surface area contributed by atoms with Gasteiger partial charge in [-0.3, -0.25) is 0 Å². The van der Waals surface area contributed by atoms with Crippen molar-refractivity contribution >= 4 is 20.2 Å². The van der Waals surface area contributed by atoms with E-state index in [1.165, 1.54) is 0 Å². The maximum absolute atomic E-state index is 11.4. The third-order valence-electron chi connectivity index (χ3n) is 0.746. The van der Waals surface area contributed by atoms with Gasteiger partial charge in [-0.25, -0.2) is 0 Å². The molecular formula is C2F6O5S2Zn2. The van der Waals surface area contributed by atoms with E-state index in [0.29, 0.717) is 0 Å². The van der Waals surface area contributed by atoms with E-state index in [4.69, 9.17) is 0 Å². The fraction of sp³-hybridized carbons (Fsp3) is 1.00. The van der Waals surface area contributed by atoms with Gasteiger partial charge in [-0.05, 0) is 0 Å². The summed E-state index contributed by atoms with van der Waals surface area (Å²) in [4.78, 5) is 0. The van der Waals surface area contributed by atoms with Crippen molar-refractivity contribution < 1.29 is 85.8 Å². The molecule has 96 valence electrons. The molecule has 0 unspecified atom stereocenters. The summed E-state index contributed by atoms with van der Waals surface area (Å²) in [6.07, 6.45) is 0. The Balaban J connectivity index is -0.000000980. The molecule has 0 fully saturated rings. The molecule has 0 rings (SSSR count). The van der Waals surface area contributed by atoms with Gasteiger partial charge in [0.15, 0.2) is 0 Å². The van der Waals surface area contributed by atoms with Crippen molar-refractivity contribution in [1.82, 2.24) is 0 Å². The average Bonchev–Trinajstić information content (AvgIpc) is 1.77. The molecule has 0 aliphatic rings. The third-order valence-corrected chi connectivity index (χ3v) is 3.31. The van der Waals surface area contributed by atoms with Crippen molar-refractivity contribution in [2.75, 3.05) is 0 Å². The Morgan fingerprint density at radius 3 is 0.941 bits per heavy atom. The summed E-state index contributed by atoms with van der Waals surface area (Å²) in [7, 11) is -13.7. The first-order valence-electron chi connectivity index (χ1n) is 2.54. The molecule has 0 atom stereocenters. The first-order valence-corrected chi connectivity index (χ1v) is 5.36. The van der Waals surface area contributed by atoms with Crippen LogP contribution in [0.2, 0.25) is 0 Å². The Kier molecular flexibility index (Phi) is 8.36. The van der Waals surface area contributed by atoms with Gasteiger partial charge >= 0.3 is 31.3 Å². The molecule has 0 aliphatic carbocycles. The second-order valence-corrected chi connectivity index (χ2v) is 5.15. The molecule has 0 aromatic rings. The van der Waals surface area contributed by atoms with Gasteiger partial charge < -0.3 is 0 Å². The van der Waals surface area contributed by atoms with Crippen LogP contribution in [0.4, 0.5) is 26.3 Å². The van der Waals surface area contributed by atoms with Gasteiger partial charge in [0.2, 0.25) is 0 Å². The maximum Gasteiger partial charge on any atom is 0.524 e. The van der Waals surface area contributed by atoms with E-state index in [0.717, 1.165) is 0 Å². The van der Waals surface area contributed by atoms with Crippen LogP contribution >= 0.6 is 0 Å². The Morgan fingerprint density at radius 2 is 0.824 bits per heavy atom. The van der Waals surface area contributed by atoms with E-state index in [2.05, 4.69) is 0 Å². The molecule has 5 nitrogen and oxygen atoms in total. The van der Waals surface area contributed by atoms with Gasteiger partial charge in [-0.15, -0.1) is 3.63 Å². The number of hydrogen-bond acceptors (Lipinski definition) is 5. The minimum Gasteiger partial charge on any atom is -0.188 e. The number of halogens is 6. The van der Waals surface area contributed by atoms with Gasteiger partial charge in [0, 0.05) is 39.0 Å². The zero-order chi connectivity index (χ0) is 12.7. The molecular weight excluding hydrogens is 413 g/mol. The quantitative estimate of drug-likeness (QED) is 0.379. The van der Waals surface area contributed by atoms with E-state index in [1.807, 2.05) is 3.63 Å². The largest absolute Gasteiger partial charge is 0.524 e.